The molecule has 3 aromatic carbocycles. The summed E-state index contributed by atoms with van der Waals surface area (Å²) in [5, 5.41) is 2.63. The molecule has 1 saturated heterocycles. The van der Waals surface area contributed by atoms with Crippen molar-refractivity contribution in [3.05, 3.63) is 95.6 Å². The van der Waals surface area contributed by atoms with Gasteiger partial charge in [-0.3, -0.25) is 14.0 Å². The second-order valence-corrected chi connectivity index (χ2v) is 13.3. The van der Waals surface area contributed by atoms with Crippen molar-refractivity contribution in [3.63, 3.8) is 0 Å². The van der Waals surface area contributed by atoms with E-state index in [1.807, 2.05) is 12.1 Å². The first-order chi connectivity index (χ1) is 16.3. The summed E-state index contributed by atoms with van der Waals surface area (Å²) in [7, 11) is -6.93. The fourth-order valence-corrected chi connectivity index (χ4v) is 9.54. The molecule has 2 heterocycles. The van der Waals surface area contributed by atoms with E-state index < -0.39 is 25.7 Å². The molecule has 0 spiro atoms. The lowest BCUT2D eigenvalue weighted by Gasteiger charge is -2.27. The summed E-state index contributed by atoms with van der Waals surface area (Å²) in [6.07, 6.45) is 1.02. The molecule has 0 aromatic heterocycles. The number of hydrogen-bond donors (Lipinski definition) is 3. The van der Waals surface area contributed by atoms with Crippen LogP contribution in [0.15, 0.2) is 88.7 Å². The number of hydrogen-bond acceptors (Lipinski definition) is 6. The van der Waals surface area contributed by atoms with Gasteiger partial charge in [-0.2, -0.15) is 10.6 Å². The molecule has 5 rings (SSSR count). The van der Waals surface area contributed by atoms with E-state index in [4.69, 9.17) is 0 Å². The number of sulfone groups is 1. The third-order valence-corrected chi connectivity index (χ3v) is 10.9. The van der Waals surface area contributed by atoms with E-state index in [2.05, 4.69) is 34.5 Å². The van der Waals surface area contributed by atoms with E-state index in [0.29, 0.717) is 23.0 Å². The van der Waals surface area contributed by atoms with Gasteiger partial charge in [0.2, 0.25) is 0 Å². The number of rotatable bonds is 7. The maximum absolute atomic E-state index is 13.5. The minimum Gasteiger partial charge on any atom is -0.309 e. The van der Waals surface area contributed by atoms with Gasteiger partial charge in [-0.15, -0.1) is 0 Å². The molecule has 3 aromatic rings. The summed E-state index contributed by atoms with van der Waals surface area (Å²) in [5.41, 5.74) is 2.67. The van der Waals surface area contributed by atoms with Gasteiger partial charge in [0.05, 0.1) is 15.5 Å². The highest BCUT2D eigenvalue weighted by atomic mass is 32.3. The maximum atomic E-state index is 13.5. The van der Waals surface area contributed by atoms with E-state index in [1.165, 1.54) is 5.56 Å². The first-order valence-electron chi connectivity index (χ1n) is 11.5. The molecule has 0 saturated carbocycles. The number of likely N-dealkylation sites (tertiary alicyclic amines) is 1. The highest BCUT2D eigenvalue weighted by Crippen LogP contribution is 2.62. The van der Waals surface area contributed by atoms with Crippen molar-refractivity contribution in [3.8, 4) is 0 Å². The lowest BCUT2D eigenvalue weighted by molar-refractivity contribution is 0.320. The predicted molar refractivity (Wildman–Crippen MR) is 136 cm³/mol. The van der Waals surface area contributed by atoms with Crippen molar-refractivity contribution < 1.29 is 17.5 Å². The Hall–Kier alpha value is -2.20. The molecule has 1 fully saturated rings. The maximum Gasteiger partial charge on any atom is 0.187 e. The Labute approximate surface area is 202 Å². The van der Waals surface area contributed by atoms with Crippen LogP contribution in [0.3, 0.4) is 0 Å². The molecule has 8 heteroatoms. The molecular weight excluding hydrogens is 468 g/mol. The lowest BCUT2D eigenvalue weighted by atomic mass is 10.0. The van der Waals surface area contributed by atoms with Gasteiger partial charge in [0, 0.05) is 32.2 Å². The van der Waals surface area contributed by atoms with Crippen molar-refractivity contribution in [2.75, 3.05) is 18.8 Å². The number of benzene rings is 3. The van der Waals surface area contributed by atoms with Gasteiger partial charge >= 0.3 is 0 Å². The summed E-state index contributed by atoms with van der Waals surface area (Å²) in [6.45, 7) is 3.33. The molecule has 2 aliphatic rings. The van der Waals surface area contributed by atoms with E-state index in [-0.39, 0.29) is 10.6 Å². The van der Waals surface area contributed by atoms with E-state index >= 15 is 0 Å². The average Bonchev–Trinajstić information content (AvgIpc) is 3.41. The average molecular weight is 499 g/mol. The standard InChI is InChI=1S/C26H30N2O4S2/c29-33(30)19-25(34(31,32)23-11-5-2-6-12-23)26-21(10-7-13-24(26)33)16-27-22-14-15-28(18-22)17-20-8-3-1-4-9-20/h1-13,22,25,27,29-30H,14-19H2/t22-,25?/m0/s1. The van der Waals surface area contributed by atoms with Crippen LogP contribution >= 0.6 is 10.6 Å². The van der Waals surface area contributed by atoms with Crippen molar-refractivity contribution >= 4 is 20.4 Å². The quantitative estimate of drug-likeness (QED) is 0.438. The van der Waals surface area contributed by atoms with Crippen LogP contribution < -0.4 is 5.32 Å². The molecule has 1 unspecified atom stereocenters. The molecule has 0 aliphatic carbocycles. The van der Waals surface area contributed by atoms with Crippen LogP contribution in [0, 0.1) is 0 Å². The third kappa shape index (κ3) is 4.66. The van der Waals surface area contributed by atoms with Crippen molar-refractivity contribution in [1.82, 2.24) is 10.2 Å². The first-order valence-corrected chi connectivity index (χ1v) is 14.8. The SMILES string of the molecule is O=S(=O)(c1ccccc1)C1CS(O)(O)c2cccc(CN[C@H]3CCN(Cc4ccccc4)C3)c21. The van der Waals surface area contributed by atoms with Gasteiger partial charge in [-0.05, 0) is 41.3 Å². The van der Waals surface area contributed by atoms with Crippen molar-refractivity contribution in [2.24, 2.45) is 0 Å². The fourth-order valence-electron chi connectivity index (χ4n) is 5.04. The van der Waals surface area contributed by atoms with Gasteiger partial charge in [-0.25, -0.2) is 8.42 Å². The van der Waals surface area contributed by atoms with Crippen LogP contribution in [0.2, 0.25) is 0 Å². The zero-order valence-electron chi connectivity index (χ0n) is 18.9. The fraction of sp³-hybridized carbons (Fsp3) is 0.308. The number of nitrogens with zero attached hydrogens (tertiary/aromatic N) is 1. The van der Waals surface area contributed by atoms with E-state index in [1.54, 1.807) is 42.5 Å². The zero-order chi connectivity index (χ0) is 23.8. The van der Waals surface area contributed by atoms with Crippen LogP contribution in [0.25, 0.3) is 0 Å². The Bertz CT molecular complexity index is 1250. The van der Waals surface area contributed by atoms with Crippen LogP contribution in [-0.4, -0.2) is 47.3 Å². The van der Waals surface area contributed by atoms with Gasteiger partial charge in [0.1, 0.15) is 5.25 Å². The van der Waals surface area contributed by atoms with Crippen molar-refractivity contribution in [1.29, 1.82) is 0 Å². The summed E-state index contributed by atoms with van der Waals surface area (Å²) >= 11 is 0. The molecule has 2 aliphatic heterocycles. The van der Waals surface area contributed by atoms with Crippen LogP contribution in [0.5, 0.6) is 0 Å². The Morgan fingerprint density at radius 2 is 1.65 bits per heavy atom. The normalized spacial score (nSPS) is 23.0. The topological polar surface area (TPSA) is 89.9 Å². The molecule has 34 heavy (non-hydrogen) atoms. The van der Waals surface area contributed by atoms with Crippen LogP contribution in [0.1, 0.15) is 28.4 Å². The third-order valence-electron chi connectivity index (χ3n) is 6.76. The molecular formula is C26H30N2O4S2. The largest absolute Gasteiger partial charge is 0.309 e. The molecule has 0 bridgehead atoms. The van der Waals surface area contributed by atoms with E-state index in [0.717, 1.165) is 31.6 Å². The Balaban J connectivity index is 1.34. The van der Waals surface area contributed by atoms with Gasteiger partial charge in [0.25, 0.3) is 0 Å². The lowest BCUT2D eigenvalue weighted by Crippen LogP contribution is -2.32. The zero-order valence-corrected chi connectivity index (χ0v) is 20.5. The highest BCUT2D eigenvalue weighted by molar-refractivity contribution is 8.25. The van der Waals surface area contributed by atoms with Crippen LogP contribution in [0.4, 0.5) is 0 Å². The summed E-state index contributed by atoms with van der Waals surface area (Å²) in [5.74, 6) is -0.190. The van der Waals surface area contributed by atoms with Gasteiger partial charge in [-0.1, -0.05) is 60.7 Å². The van der Waals surface area contributed by atoms with Crippen LogP contribution in [-0.2, 0) is 22.9 Å². The summed E-state index contributed by atoms with van der Waals surface area (Å²) in [4.78, 5) is 2.99. The summed E-state index contributed by atoms with van der Waals surface area (Å²) < 4.78 is 48.5. The smallest absolute Gasteiger partial charge is 0.187 e. The Morgan fingerprint density at radius 3 is 2.38 bits per heavy atom. The van der Waals surface area contributed by atoms with Crippen molar-refractivity contribution in [2.45, 2.75) is 40.6 Å². The van der Waals surface area contributed by atoms with Gasteiger partial charge < -0.3 is 5.32 Å². The minimum absolute atomic E-state index is 0.190. The Morgan fingerprint density at radius 1 is 0.941 bits per heavy atom. The molecule has 0 amide bonds. The Kier molecular flexibility index (Phi) is 6.54. The molecule has 6 nitrogen and oxygen atoms in total. The second-order valence-electron chi connectivity index (χ2n) is 9.10. The monoisotopic (exact) mass is 498 g/mol. The predicted octanol–water partition coefficient (Wildman–Crippen LogP) is 4.69. The summed E-state index contributed by atoms with van der Waals surface area (Å²) in [6, 6.07) is 24.3. The molecule has 2 atom stereocenters. The molecule has 0 radical (unpaired) electrons. The van der Waals surface area contributed by atoms with Gasteiger partial charge in [0.15, 0.2) is 9.84 Å². The first kappa shape index (κ1) is 23.5. The highest BCUT2D eigenvalue weighted by Gasteiger charge is 2.44. The molecule has 3 N–H and O–H groups in total. The number of fused-ring (bicyclic) bond motifs is 1. The molecule has 180 valence electrons. The van der Waals surface area contributed by atoms with E-state index in [9.17, 15) is 17.5 Å². The second kappa shape index (κ2) is 9.45. The minimum atomic E-state index is -3.76. The number of nitrogens with one attached hydrogen (secondary N) is 1.